The van der Waals surface area contributed by atoms with Crippen molar-refractivity contribution in [2.24, 2.45) is 5.92 Å². The first-order valence-electron chi connectivity index (χ1n) is 7.09. The molecule has 2 aromatic rings. The summed E-state index contributed by atoms with van der Waals surface area (Å²) in [5.74, 6) is 0.856. The Bertz CT molecular complexity index is 513. The molecule has 1 heterocycles. The lowest BCUT2D eigenvalue weighted by atomic mass is 9.77. The minimum atomic E-state index is 0.579. The summed E-state index contributed by atoms with van der Waals surface area (Å²) in [5.41, 5.74) is 1.54. The van der Waals surface area contributed by atoms with Crippen LogP contribution in [0.1, 0.15) is 44.2 Å². The molecule has 2 heteroatoms. The molecule has 1 unspecified atom stereocenters. The third-order valence-corrected chi connectivity index (χ3v) is 5.06. The number of nitrogens with one attached hydrogen (secondary N) is 1. The van der Waals surface area contributed by atoms with E-state index < -0.39 is 0 Å². The first-order valence-corrected chi connectivity index (χ1v) is 7.97. The molecular weight excluding hydrogens is 238 g/mol. The average molecular weight is 259 g/mol. The molecule has 1 saturated carbocycles. The lowest BCUT2D eigenvalue weighted by Crippen LogP contribution is -2.32. The summed E-state index contributed by atoms with van der Waals surface area (Å²) in [5, 5.41) is 7.61. The lowest BCUT2D eigenvalue weighted by molar-refractivity contribution is 0.232. The summed E-state index contributed by atoms with van der Waals surface area (Å²) in [7, 11) is 0. The van der Waals surface area contributed by atoms with Crippen molar-refractivity contribution in [2.75, 3.05) is 6.54 Å². The van der Waals surface area contributed by atoms with E-state index >= 15 is 0 Å². The molecule has 0 amide bonds. The zero-order valence-corrected chi connectivity index (χ0v) is 11.8. The lowest BCUT2D eigenvalue weighted by Gasteiger charge is -2.34. The monoisotopic (exact) mass is 259 g/mol. The van der Waals surface area contributed by atoms with Gasteiger partial charge in [-0.3, -0.25) is 0 Å². The molecular formula is C16H21NS. The summed E-state index contributed by atoms with van der Waals surface area (Å²) < 4.78 is 1.43. The highest BCUT2D eigenvalue weighted by Gasteiger charge is 2.29. The van der Waals surface area contributed by atoms with Gasteiger partial charge in [-0.2, -0.15) is 0 Å². The normalized spacial score (nSPS) is 17.8. The number of thiophene rings is 1. The fraction of sp³-hybridized carbons (Fsp3) is 0.500. The van der Waals surface area contributed by atoms with E-state index in [1.165, 1.54) is 41.3 Å². The van der Waals surface area contributed by atoms with Crippen molar-refractivity contribution in [1.82, 2.24) is 5.32 Å². The second kappa shape index (κ2) is 5.41. The molecule has 0 aliphatic heterocycles. The molecule has 3 rings (SSSR count). The van der Waals surface area contributed by atoms with Crippen molar-refractivity contribution < 1.29 is 0 Å². The minimum Gasteiger partial charge on any atom is -0.310 e. The highest BCUT2D eigenvalue weighted by molar-refractivity contribution is 7.17. The van der Waals surface area contributed by atoms with E-state index in [9.17, 15) is 0 Å². The number of fused-ring (bicyclic) bond motifs is 1. The molecule has 1 fully saturated rings. The fourth-order valence-electron chi connectivity index (χ4n) is 2.84. The molecule has 1 aliphatic carbocycles. The first-order chi connectivity index (χ1) is 8.90. The van der Waals surface area contributed by atoms with Gasteiger partial charge in [-0.25, -0.2) is 0 Å². The van der Waals surface area contributed by atoms with Crippen LogP contribution in [0.3, 0.4) is 0 Å². The van der Waals surface area contributed by atoms with Crippen LogP contribution < -0.4 is 5.32 Å². The van der Waals surface area contributed by atoms with Crippen molar-refractivity contribution in [3.63, 3.8) is 0 Å². The summed E-state index contributed by atoms with van der Waals surface area (Å²) in [6.45, 7) is 3.38. The van der Waals surface area contributed by atoms with Crippen LogP contribution in [-0.4, -0.2) is 6.54 Å². The van der Waals surface area contributed by atoms with E-state index in [1.54, 1.807) is 0 Å². The quantitative estimate of drug-likeness (QED) is 0.817. The molecule has 1 nitrogen and oxygen atoms in total. The summed E-state index contributed by atoms with van der Waals surface area (Å²) in [4.78, 5) is 0. The Morgan fingerprint density at radius 3 is 2.89 bits per heavy atom. The summed E-state index contributed by atoms with van der Waals surface area (Å²) >= 11 is 1.89. The van der Waals surface area contributed by atoms with Crippen LogP contribution in [-0.2, 0) is 0 Å². The number of benzene rings is 1. The van der Waals surface area contributed by atoms with Crippen LogP contribution >= 0.6 is 11.3 Å². The van der Waals surface area contributed by atoms with Crippen LogP contribution in [0.15, 0.2) is 29.6 Å². The van der Waals surface area contributed by atoms with Gasteiger partial charge in [0.05, 0.1) is 0 Å². The van der Waals surface area contributed by atoms with Crippen LogP contribution in [0.25, 0.3) is 10.1 Å². The van der Waals surface area contributed by atoms with E-state index in [4.69, 9.17) is 0 Å². The molecule has 1 atom stereocenters. The van der Waals surface area contributed by atoms with Crippen LogP contribution in [0.5, 0.6) is 0 Å². The Hall–Kier alpha value is -0.860. The average Bonchev–Trinajstić information content (AvgIpc) is 2.76. The summed E-state index contributed by atoms with van der Waals surface area (Å²) in [6, 6.07) is 9.40. The van der Waals surface area contributed by atoms with Crippen molar-refractivity contribution in [3.05, 3.63) is 35.2 Å². The third-order valence-electron chi connectivity index (χ3n) is 4.08. The number of hydrogen-bond acceptors (Lipinski definition) is 2. The van der Waals surface area contributed by atoms with E-state index in [0.717, 1.165) is 12.5 Å². The van der Waals surface area contributed by atoms with Gasteiger partial charge in [0.2, 0.25) is 0 Å². The predicted octanol–water partition coefficient (Wildman–Crippen LogP) is 4.74. The largest absolute Gasteiger partial charge is 0.310 e. The maximum absolute atomic E-state index is 3.77. The Kier molecular flexibility index (Phi) is 3.67. The molecule has 0 bridgehead atoms. The number of hydrogen-bond donors (Lipinski definition) is 1. The Morgan fingerprint density at radius 1 is 1.33 bits per heavy atom. The van der Waals surface area contributed by atoms with E-state index in [2.05, 4.69) is 41.9 Å². The van der Waals surface area contributed by atoms with Crippen molar-refractivity contribution in [3.8, 4) is 0 Å². The van der Waals surface area contributed by atoms with Gasteiger partial charge in [-0.05, 0) is 54.1 Å². The van der Waals surface area contributed by atoms with Gasteiger partial charge >= 0.3 is 0 Å². The Morgan fingerprint density at radius 2 is 2.17 bits per heavy atom. The van der Waals surface area contributed by atoms with Gasteiger partial charge in [-0.1, -0.05) is 31.5 Å². The second-order valence-electron chi connectivity index (χ2n) is 5.31. The maximum Gasteiger partial charge on any atom is 0.0363 e. The van der Waals surface area contributed by atoms with Gasteiger partial charge in [0.15, 0.2) is 0 Å². The Balaban J connectivity index is 1.92. The fourth-order valence-corrected chi connectivity index (χ4v) is 3.84. The van der Waals surface area contributed by atoms with Crippen molar-refractivity contribution >= 4 is 21.4 Å². The third kappa shape index (κ3) is 2.19. The van der Waals surface area contributed by atoms with Crippen LogP contribution in [0.4, 0.5) is 0 Å². The predicted molar refractivity (Wildman–Crippen MR) is 80.2 cm³/mol. The SMILES string of the molecule is CCCNC(c1csc2ccccc12)C1CCC1. The van der Waals surface area contributed by atoms with E-state index in [0.29, 0.717) is 6.04 Å². The molecule has 18 heavy (non-hydrogen) atoms. The molecule has 0 radical (unpaired) electrons. The van der Waals surface area contributed by atoms with Crippen molar-refractivity contribution in [2.45, 2.75) is 38.6 Å². The first kappa shape index (κ1) is 12.2. The molecule has 96 valence electrons. The second-order valence-corrected chi connectivity index (χ2v) is 6.22. The minimum absolute atomic E-state index is 0.579. The van der Waals surface area contributed by atoms with E-state index in [1.807, 2.05) is 11.3 Å². The highest BCUT2D eigenvalue weighted by Crippen LogP contribution is 2.41. The maximum atomic E-state index is 3.77. The molecule has 1 N–H and O–H groups in total. The van der Waals surface area contributed by atoms with Crippen molar-refractivity contribution in [1.29, 1.82) is 0 Å². The standard InChI is InChI=1S/C16H21NS/c1-2-10-17-16(12-6-5-7-12)14-11-18-15-9-4-3-8-13(14)15/h3-4,8-9,11-12,16-17H,2,5-7,10H2,1H3. The molecule has 0 saturated heterocycles. The number of rotatable bonds is 5. The molecule has 0 spiro atoms. The molecule has 1 aromatic carbocycles. The molecule has 1 aromatic heterocycles. The topological polar surface area (TPSA) is 12.0 Å². The van der Waals surface area contributed by atoms with Crippen LogP contribution in [0, 0.1) is 5.92 Å². The van der Waals surface area contributed by atoms with Gasteiger partial charge in [0.25, 0.3) is 0 Å². The Labute approximate surface area is 113 Å². The summed E-state index contributed by atoms with van der Waals surface area (Å²) in [6.07, 6.45) is 5.42. The zero-order valence-electron chi connectivity index (χ0n) is 11.0. The zero-order chi connectivity index (χ0) is 12.4. The van der Waals surface area contributed by atoms with Gasteiger partial charge in [0.1, 0.15) is 0 Å². The van der Waals surface area contributed by atoms with Crippen LogP contribution in [0.2, 0.25) is 0 Å². The smallest absolute Gasteiger partial charge is 0.0363 e. The van der Waals surface area contributed by atoms with Gasteiger partial charge in [-0.15, -0.1) is 11.3 Å². The highest BCUT2D eigenvalue weighted by atomic mass is 32.1. The molecule has 1 aliphatic rings. The van der Waals surface area contributed by atoms with E-state index in [-0.39, 0.29) is 0 Å². The van der Waals surface area contributed by atoms with Gasteiger partial charge < -0.3 is 5.32 Å². The van der Waals surface area contributed by atoms with Gasteiger partial charge in [0, 0.05) is 10.7 Å².